The first-order valence-corrected chi connectivity index (χ1v) is 5.22. The number of benzene rings is 2. The van der Waals surface area contributed by atoms with Crippen molar-refractivity contribution in [1.82, 2.24) is 0 Å². The van der Waals surface area contributed by atoms with Crippen molar-refractivity contribution in [2.24, 2.45) is 0 Å². The molecule has 0 unspecified atom stereocenters. The molecule has 0 spiro atoms. The van der Waals surface area contributed by atoms with E-state index >= 15 is 0 Å². The Balaban J connectivity index is 2.46. The summed E-state index contributed by atoms with van der Waals surface area (Å²) < 4.78 is 5.13. The molecule has 0 aromatic heterocycles. The molecule has 0 fully saturated rings. The fraction of sp³-hybridized carbons (Fsp3) is 0.143. The lowest BCUT2D eigenvalue weighted by atomic mass is 10.0. The van der Waals surface area contributed by atoms with Crippen molar-refractivity contribution in [3.8, 4) is 16.9 Å². The van der Waals surface area contributed by atoms with E-state index in [4.69, 9.17) is 10.5 Å². The largest absolute Gasteiger partial charge is 0.497 e. The van der Waals surface area contributed by atoms with Gasteiger partial charge in [0.2, 0.25) is 0 Å². The van der Waals surface area contributed by atoms with Gasteiger partial charge in [-0.2, -0.15) is 0 Å². The molecular weight excluding hydrogens is 198 g/mol. The first-order chi connectivity index (χ1) is 7.72. The highest BCUT2D eigenvalue weighted by Crippen LogP contribution is 2.29. The molecule has 0 radical (unpaired) electrons. The van der Waals surface area contributed by atoms with E-state index in [1.54, 1.807) is 7.11 Å². The van der Waals surface area contributed by atoms with Gasteiger partial charge in [0, 0.05) is 11.3 Å². The van der Waals surface area contributed by atoms with Crippen LogP contribution in [0.15, 0.2) is 42.5 Å². The third-order valence-electron chi connectivity index (χ3n) is 2.73. The van der Waals surface area contributed by atoms with Crippen LogP contribution in [0, 0.1) is 6.92 Å². The molecule has 0 atom stereocenters. The average Bonchev–Trinajstić information content (AvgIpc) is 2.33. The van der Waals surface area contributed by atoms with Crippen molar-refractivity contribution in [2.45, 2.75) is 6.92 Å². The predicted octanol–water partition coefficient (Wildman–Crippen LogP) is 3.25. The summed E-state index contributed by atoms with van der Waals surface area (Å²) in [7, 11) is 1.66. The molecule has 0 aliphatic rings. The molecule has 0 saturated carbocycles. The number of hydrogen-bond acceptors (Lipinski definition) is 2. The monoisotopic (exact) mass is 213 g/mol. The summed E-state index contributed by atoms with van der Waals surface area (Å²) in [5, 5.41) is 0. The van der Waals surface area contributed by atoms with E-state index in [2.05, 4.69) is 0 Å². The SMILES string of the molecule is COc1ccc(-c2cccc(C)c2N)cc1. The second-order valence-corrected chi connectivity index (χ2v) is 3.76. The Morgan fingerprint density at radius 2 is 1.69 bits per heavy atom. The molecule has 0 aliphatic carbocycles. The van der Waals surface area contributed by atoms with Crippen LogP contribution >= 0.6 is 0 Å². The summed E-state index contributed by atoms with van der Waals surface area (Å²) in [4.78, 5) is 0. The summed E-state index contributed by atoms with van der Waals surface area (Å²) >= 11 is 0. The first-order valence-electron chi connectivity index (χ1n) is 5.22. The molecule has 82 valence electrons. The Morgan fingerprint density at radius 1 is 1.00 bits per heavy atom. The Kier molecular flexibility index (Phi) is 2.82. The third kappa shape index (κ3) is 1.87. The topological polar surface area (TPSA) is 35.2 Å². The first kappa shape index (κ1) is 10.6. The molecule has 0 bridgehead atoms. The minimum atomic E-state index is 0.840. The lowest BCUT2D eigenvalue weighted by Gasteiger charge is -2.09. The maximum atomic E-state index is 6.05. The van der Waals surface area contributed by atoms with E-state index in [0.29, 0.717) is 0 Å². The molecule has 2 heteroatoms. The number of methoxy groups -OCH3 is 1. The molecule has 16 heavy (non-hydrogen) atoms. The van der Waals surface area contributed by atoms with Crippen LogP contribution in [0.3, 0.4) is 0 Å². The van der Waals surface area contributed by atoms with Gasteiger partial charge in [0.25, 0.3) is 0 Å². The standard InChI is InChI=1S/C14H15NO/c1-10-4-3-5-13(14(10)15)11-6-8-12(16-2)9-7-11/h3-9H,15H2,1-2H3. The van der Waals surface area contributed by atoms with E-state index < -0.39 is 0 Å². The highest BCUT2D eigenvalue weighted by Gasteiger charge is 2.04. The number of nitrogens with two attached hydrogens (primary N) is 1. The number of aryl methyl sites for hydroxylation is 1. The maximum Gasteiger partial charge on any atom is 0.118 e. The third-order valence-corrected chi connectivity index (χ3v) is 2.73. The van der Waals surface area contributed by atoms with Gasteiger partial charge in [-0.1, -0.05) is 30.3 Å². The quantitative estimate of drug-likeness (QED) is 0.777. The van der Waals surface area contributed by atoms with Crippen LogP contribution in [-0.4, -0.2) is 7.11 Å². The molecule has 0 saturated heterocycles. The zero-order valence-corrected chi connectivity index (χ0v) is 9.53. The summed E-state index contributed by atoms with van der Waals surface area (Å²) in [5.41, 5.74) is 10.2. The summed E-state index contributed by atoms with van der Waals surface area (Å²) in [6.07, 6.45) is 0. The maximum absolute atomic E-state index is 6.05. The van der Waals surface area contributed by atoms with Gasteiger partial charge in [0.15, 0.2) is 0 Å². The van der Waals surface area contributed by atoms with Crippen LogP contribution in [0.2, 0.25) is 0 Å². The van der Waals surface area contributed by atoms with E-state index in [9.17, 15) is 0 Å². The Bertz CT molecular complexity index is 489. The molecule has 2 nitrogen and oxygen atoms in total. The molecular formula is C14H15NO. The van der Waals surface area contributed by atoms with Crippen molar-refractivity contribution in [3.05, 3.63) is 48.0 Å². The number of rotatable bonds is 2. The van der Waals surface area contributed by atoms with Crippen LogP contribution in [0.25, 0.3) is 11.1 Å². The predicted molar refractivity (Wildman–Crippen MR) is 67.6 cm³/mol. The van der Waals surface area contributed by atoms with Gasteiger partial charge < -0.3 is 10.5 Å². The van der Waals surface area contributed by atoms with Gasteiger partial charge in [0.05, 0.1) is 7.11 Å². The summed E-state index contributed by atoms with van der Waals surface area (Å²) in [5.74, 6) is 0.856. The molecule has 2 rings (SSSR count). The fourth-order valence-corrected chi connectivity index (χ4v) is 1.70. The fourth-order valence-electron chi connectivity index (χ4n) is 1.70. The van der Waals surface area contributed by atoms with Crippen LogP contribution in [-0.2, 0) is 0 Å². The van der Waals surface area contributed by atoms with Crippen molar-refractivity contribution < 1.29 is 4.74 Å². The normalized spacial score (nSPS) is 10.1. The Hall–Kier alpha value is -1.96. The highest BCUT2D eigenvalue weighted by atomic mass is 16.5. The number of hydrogen-bond donors (Lipinski definition) is 1. The highest BCUT2D eigenvalue weighted by molar-refractivity contribution is 5.78. The molecule has 0 aliphatic heterocycles. The zero-order chi connectivity index (χ0) is 11.5. The molecule has 2 N–H and O–H groups in total. The Labute approximate surface area is 95.7 Å². The minimum Gasteiger partial charge on any atom is -0.497 e. The lowest BCUT2D eigenvalue weighted by Crippen LogP contribution is -1.93. The molecule has 0 heterocycles. The van der Waals surface area contributed by atoms with E-state index in [1.165, 1.54) is 0 Å². The van der Waals surface area contributed by atoms with Crippen molar-refractivity contribution in [1.29, 1.82) is 0 Å². The van der Waals surface area contributed by atoms with Crippen molar-refractivity contribution >= 4 is 5.69 Å². The van der Waals surface area contributed by atoms with Crippen LogP contribution in [0.4, 0.5) is 5.69 Å². The van der Waals surface area contributed by atoms with Crippen molar-refractivity contribution in [2.75, 3.05) is 12.8 Å². The Morgan fingerprint density at radius 3 is 2.31 bits per heavy atom. The number of para-hydroxylation sites is 1. The second-order valence-electron chi connectivity index (χ2n) is 3.76. The second kappa shape index (κ2) is 4.27. The number of nitrogen functional groups attached to an aromatic ring is 1. The minimum absolute atomic E-state index is 0.840. The lowest BCUT2D eigenvalue weighted by molar-refractivity contribution is 0.415. The van der Waals surface area contributed by atoms with E-state index in [1.807, 2.05) is 49.4 Å². The number of anilines is 1. The van der Waals surface area contributed by atoms with Crippen LogP contribution < -0.4 is 10.5 Å². The average molecular weight is 213 g/mol. The van der Waals surface area contributed by atoms with Gasteiger partial charge in [-0.25, -0.2) is 0 Å². The zero-order valence-electron chi connectivity index (χ0n) is 9.53. The van der Waals surface area contributed by atoms with Gasteiger partial charge in [-0.3, -0.25) is 0 Å². The van der Waals surface area contributed by atoms with Gasteiger partial charge in [-0.05, 0) is 30.2 Å². The van der Waals surface area contributed by atoms with Crippen molar-refractivity contribution in [3.63, 3.8) is 0 Å². The van der Waals surface area contributed by atoms with Gasteiger partial charge in [0.1, 0.15) is 5.75 Å². The molecule has 2 aromatic rings. The van der Waals surface area contributed by atoms with Crippen LogP contribution in [0.1, 0.15) is 5.56 Å². The number of ether oxygens (including phenoxy) is 1. The summed E-state index contributed by atoms with van der Waals surface area (Å²) in [6, 6.07) is 14.0. The van der Waals surface area contributed by atoms with Gasteiger partial charge >= 0.3 is 0 Å². The van der Waals surface area contributed by atoms with Gasteiger partial charge in [-0.15, -0.1) is 0 Å². The smallest absolute Gasteiger partial charge is 0.118 e. The molecule has 0 amide bonds. The van der Waals surface area contributed by atoms with E-state index in [-0.39, 0.29) is 0 Å². The van der Waals surface area contributed by atoms with E-state index in [0.717, 1.165) is 28.1 Å². The van der Waals surface area contributed by atoms with Crippen LogP contribution in [0.5, 0.6) is 5.75 Å². The molecule has 2 aromatic carbocycles. The summed E-state index contributed by atoms with van der Waals surface area (Å²) in [6.45, 7) is 2.02.